The molecule has 0 aliphatic heterocycles. The lowest BCUT2D eigenvalue weighted by Crippen LogP contribution is -2.19. The Hall–Kier alpha value is -1.71. The Kier molecular flexibility index (Phi) is 3.34. The van der Waals surface area contributed by atoms with E-state index in [1.165, 1.54) is 18.2 Å². The fourth-order valence-corrected chi connectivity index (χ4v) is 0.868. The van der Waals surface area contributed by atoms with Crippen molar-refractivity contribution in [1.82, 2.24) is 5.43 Å². The molecular formula is C10H11FN2O. The molecule has 1 aromatic rings. The molecule has 14 heavy (non-hydrogen) atoms. The van der Waals surface area contributed by atoms with E-state index in [1.54, 1.807) is 19.9 Å². The highest BCUT2D eigenvalue weighted by molar-refractivity contribution is 5.95. The van der Waals surface area contributed by atoms with E-state index in [4.69, 9.17) is 0 Å². The summed E-state index contributed by atoms with van der Waals surface area (Å²) in [7, 11) is 0. The minimum Gasteiger partial charge on any atom is -0.267 e. The molecule has 0 aliphatic rings. The second-order valence-corrected chi connectivity index (χ2v) is 2.98. The SMILES string of the molecule is CC(C)=NNC(=O)c1ccccc1F. The van der Waals surface area contributed by atoms with Crippen LogP contribution in [0.25, 0.3) is 0 Å². The lowest BCUT2D eigenvalue weighted by molar-refractivity contribution is 0.0950. The van der Waals surface area contributed by atoms with Crippen LogP contribution in [0.5, 0.6) is 0 Å². The minimum absolute atomic E-state index is 0.00231. The maximum absolute atomic E-state index is 13.1. The first kappa shape index (κ1) is 10.4. The molecule has 1 N–H and O–H groups in total. The number of hydrogen-bond acceptors (Lipinski definition) is 2. The molecule has 0 heterocycles. The molecule has 1 aromatic carbocycles. The highest BCUT2D eigenvalue weighted by Gasteiger charge is 2.08. The predicted molar refractivity (Wildman–Crippen MR) is 52.6 cm³/mol. The minimum atomic E-state index is -0.547. The van der Waals surface area contributed by atoms with E-state index in [-0.39, 0.29) is 5.56 Å². The summed E-state index contributed by atoms with van der Waals surface area (Å²) in [6, 6.07) is 5.77. The molecule has 74 valence electrons. The first-order valence-corrected chi connectivity index (χ1v) is 4.17. The van der Waals surface area contributed by atoms with Gasteiger partial charge in [0.25, 0.3) is 5.91 Å². The lowest BCUT2D eigenvalue weighted by atomic mass is 10.2. The molecule has 0 bridgehead atoms. The van der Waals surface area contributed by atoms with Gasteiger partial charge in [-0.1, -0.05) is 12.1 Å². The third-order valence-electron chi connectivity index (χ3n) is 1.50. The van der Waals surface area contributed by atoms with Crippen molar-refractivity contribution >= 4 is 11.6 Å². The predicted octanol–water partition coefficient (Wildman–Crippen LogP) is 1.95. The number of halogens is 1. The number of nitrogens with zero attached hydrogens (tertiary/aromatic N) is 1. The summed E-state index contributed by atoms with van der Waals surface area (Å²) in [6.45, 7) is 3.48. The van der Waals surface area contributed by atoms with Crippen molar-refractivity contribution in [1.29, 1.82) is 0 Å². The van der Waals surface area contributed by atoms with Gasteiger partial charge >= 0.3 is 0 Å². The molecular weight excluding hydrogens is 183 g/mol. The van der Waals surface area contributed by atoms with E-state index >= 15 is 0 Å². The van der Waals surface area contributed by atoms with E-state index in [2.05, 4.69) is 10.5 Å². The number of rotatable bonds is 2. The summed E-state index contributed by atoms with van der Waals surface area (Å²) in [5.41, 5.74) is 2.95. The molecule has 3 nitrogen and oxygen atoms in total. The van der Waals surface area contributed by atoms with Gasteiger partial charge in [0.2, 0.25) is 0 Å². The zero-order valence-electron chi connectivity index (χ0n) is 8.04. The Morgan fingerprint density at radius 2 is 2.00 bits per heavy atom. The van der Waals surface area contributed by atoms with Crippen LogP contribution in [0.1, 0.15) is 24.2 Å². The quantitative estimate of drug-likeness (QED) is 0.567. The van der Waals surface area contributed by atoms with Crippen LogP contribution in [0.3, 0.4) is 0 Å². The van der Waals surface area contributed by atoms with Crippen LogP contribution in [0.4, 0.5) is 4.39 Å². The zero-order chi connectivity index (χ0) is 10.6. The summed E-state index contributed by atoms with van der Waals surface area (Å²) in [4.78, 5) is 11.3. The lowest BCUT2D eigenvalue weighted by Gasteiger charge is -2.00. The first-order valence-electron chi connectivity index (χ1n) is 4.17. The van der Waals surface area contributed by atoms with E-state index in [0.29, 0.717) is 5.71 Å². The summed E-state index contributed by atoms with van der Waals surface area (Å²) in [5.74, 6) is -1.08. The van der Waals surface area contributed by atoms with E-state index in [1.807, 2.05) is 0 Å². The molecule has 0 atom stereocenters. The van der Waals surface area contributed by atoms with Gasteiger partial charge in [0, 0.05) is 5.71 Å². The van der Waals surface area contributed by atoms with Crippen LogP contribution in [-0.4, -0.2) is 11.6 Å². The molecule has 4 heteroatoms. The van der Waals surface area contributed by atoms with E-state index < -0.39 is 11.7 Å². The molecule has 0 unspecified atom stereocenters. The Labute approximate surface area is 81.6 Å². The number of carbonyl (C=O) groups is 1. The molecule has 0 radical (unpaired) electrons. The number of amides is 1. The maximum atomic E-state index is 13.1. The van der Waals surface area contributed by atoms with Crippen molar-refractivity contribution in [2.75, 3.05) is 0 Å². The topological polar surface area (TPSA) is 41.5 Å². The average molecular weight is 194 g/mol. The number of nitrogens with one attached hydrogen (secondary N) is 1. The van der Waals surface area contributed by atoms with Crippen LogP contribution in [0, 0.1) is 5.82 Å². The molecule has 1 amide bonds. The van der Waals surface area contributed by atoms with Crippen LogP contribution in [0.15, 0.2) is 29.4 Å². The second kappa shape index (κ2) is 4.50. The van der Waals surface area contributed by atoms with Crippen molar-refractivity contribution in [3.8, 4) is 0 Å². The molecule has 0 fully saturated rings. The number of carbonyl (C=O) groups excluding carboxylic acids is 1. The van der Waals surface area contributed by atoms with Crippen LogP contribution in [0.2, 0.25) is 0 Å². The normalized spacial score (nSPS) is 9.36. The van der Waals surface area contributed by atoms with Crippen molar-refractivity contribution in [3.63, 3.8) is 0 Å². The van der Waals surface area contributed by atoms with Gasteiger partial charge in [-0.15, -0.1) is 0 Å². The highest BCUT2D eigenvalue weighted by Crippen LogP contribution is 2.05. The van der Waals surface area contributed by atoms with Crippen LogP contribution in [-0.2, 0) is 0 Å². The average Bonchev–Trinajstić information content (AvgIpc) is 2.15. The molecule has 0 saturated carbocycles. The summed E-state index contributed by atoms with van der Waals surface area (Å²) < 4.78 is 13.1. The maximum Gasteiger partial charge on any atom is 0.274 e. The molecule has 0 spiro atoms. The van der Waals surface area contributed by atoms with Gasteiger partial charge in [-0.3, -0.25) is 4.79 Å². The van der Waals surface area contributed by atoms with Gasteiger partial charge in [-0.25, -0.2) is 9.82 Å². The largest absolute Gasteiger partial charge is 0.274 e. The fourth-order valence-electron chi connectivity index (χ4n) is 0.868. The number of hydrazone groups is 1. The highest BCUT2D eigenvalue weighted by atomic mass is 19.1. The smallest absolute Gasteiger partial charge is 0.267 e. The van der Waals surface area contributed by atoms with Gasteiger partial charge in [-0.2, -0.15) is 5.10 Å². The standard InChI is InChI=1S/C10H11FN2O/c1-7(2)12-13-10(14)8-5-3-4-6-9(8)11/h3-6H,1-2H3,(H,13,14). The van der Waals surface area contributed by atoms with Crippen molar-refractivity contribution in [2.45, 2.75) is 13.8 Å². The third kappa shape index (κ3) is 2.65. The molecule has 1 rings (SSSR count). The monoisotopic (exact) mass is 194 g/mol. The van der Waals surface area contributed by atoms with Crippen molar-refractivity contribution < 1.29 is 9.18 Å². The van der Waals surface area contributed by atoms with Crippen LogP contribution >= 0.6 is 0 Å². The zero-order valence-corrected chi connectivity index (χ0v) is 8.04. The Morgan fingerprint density at radius 3 is 2.57 bits per heavy atom. The van der Waals surface area contributed by atoms with E-state index in [0.717, 1.165) is 0 Å². The van der Waals surface area contributed by atoms with Gasteiger partial charge in [0.05, 0.1) is 5.56 Å². The van der Waals surface area contributed by atoms with Crippen LogP contribution < -0.4 is 5.43 Å². The van der Waals surface area contributed by atoms with Gasteiger partial charge < -0.3 is 0 Å². The summed E-state index contributed by atoms with van der Waals surface area (Å²) in [6.07, 6.45) is 0. The third-order valence-corrected chi connectivity index (χ3v) is 1.50. The Balaban J connectivity index is 2.80. The summed E-state index contributed by atoms with van der Waals surface area (Å²) >= 11 is 0. The molecule has 0 aromatic heterocycles. The first-order chi connectivity index (χ1) is 6.61. The summed E-state index contributed by atoms with van der Waals surface area (Å²) in [5, 5.41) is 3.69. The number of benzene rings is 1. The van der Waals surface area contributed by atoms with Crippen molar-refractivity contribution in [2.24, 2.45) is 5.10 Å². The molecule has 0 saturated heterocycles. The second-order valence-electron chi connectivity index (χ2n) is 2.98. The number of hydrogen-bond donors (Lipinski definition) is 1. The Morgan fingerprint density at radius 1 is 1.36 bits per heavy atom. The van der Waals surface area contributed by atoms with Crippen molar-refractivity contribution in [3.05, 3.63) is 35.6 Å². The van der Waals surface area contributed by atoms with E-state index in [9.17, 15) is 9.18 Å². The fraction of sp³-hybridized carbons (Fsp3) is 0.200. The Bertz CT molecular complexity index is 370. The van der Waals surface area contributed by atoms with Gasteiger partial charge in [0.1, 0.15) is 5.82 Å². The van der Waals surface area contributed by atoms with Gasteiger partial charge in [0.15, 0.2) is 0 Å². The van der Waals surface area contributed by atoms with Gasteiger partial charge in [-0.05, 0) is 26.0 Å². The molecule has 0 aliphatic carbocycles.